The summed E-state index contributed by atoms with van der Waals surface area (Å²) in [5, 5.41) is 2.81. The molecule has 18 heavy (non-hydrogen) atoms. The number of nitrogens with one attached hydrogen (secondary N) is 1. The van der Waals surface area contributed by atoms with E-state index < -0.39 is 0 Å². The van der Waals surface area contributed by atoms with E-state index in [1.54, 1.807) is 23.5 Å². The van der Waals surface area contributed by atoms with E-state index in [1.807, 2.05) is 12.1 Å². The number of hydrogen-bond donors (Lipinski definition) is 2. The molecule has 0 aliphatic rings. The van der Waals surface area contributed by atoms with E-state index in [1.165, 1.54) is 4.88 Å². The first-order valence-corrected chi connectivity index (χ1v) is 7.11. The van der Waals surface area contributed by atoms with Crippen LogP contribution in [0.2, 0.25) is 0 Å². The molecule has 3 N–H and O–H groups in total. The molecular weight excluding hydrogens is 316 g/mol. The standard InChI is InChI=1S/C12H13BrN2O2S/c13-11-4-2-9(18-11)5-6-15-12(16)10-3-1-8(7-14)17-10/h1-4H,5-7,14H2,(H,15,16). The lowest BCUT2D eigenvalue weighted by molar-refractivity contribution is 0.0925. The number of rotatable bonds is 5. The molecule has 0 saturated heterocycles. The summed E-state index contributed by atoms with van der Waals surface area (Å²) in [7, 11) is 0. The molecule has 0 atom stereocenters. The van der Waals surface area contributed by atoms with E-state index >= 15 is 0 Å². The number of amides is 1. The Morgan fingerprint density at radius 2 is 2.22 bits per heavy atom. The molecule has 0 unspecified atom stereocenters. The topological polar surface area (TPSA) is 68.3 Å². The lowest BCUT2D eigenvalue weighted by Crippen LogP contribution is -2.25. The molecule has 0 bridgehead atoms. The lowest BCUT2D eigenvalue weighted by atomic mass is 10.3. The third-order valence-electron chi connectivity index (χ3n) is 2.37. The number of nitrogens with two attached hydrogens (primary N) is 1. The van der Waals surface area contributed by atoms with Crippen LogP contribution in [0.4, 0.5) is 0 Å². The molecule has 1 amide bonds. The van der Waals surface area contributed by atoms with Crippen LogP contribution in [-0.2, 0) is 13.0 Å². The molecule has 0 radical (unpaired) electrons. The maximum Gasteiger partial charge on any atom is 0.287 e. The fraction of sp³-hybridized carbons (Fsp3) is 0.250. The molecular formula is C12H13BrN2O2S. The molecule has 96 valence electrons. The highest BCUT2D eigenvalue weighted by molar-refractivity contribution is 9.11. The largest absolute Gasteiger partial charge is 0.455 e. The van der Waals surface area contributed by atoms with E-state index in [0.29, 0.717) is 24.6 Å². The van der Waals surface area contributed by atoms with E-state index in [0.717, 1.165) is 10.2 Å². The van der Waals surface area contributed by atoms with Gasteiger partial charge in [-0.25, -0.2) is 0 Å². The number of carbonyl (C=O) groups excluding carboxylic acids is 1. The van der Waals surface area contributed by atoms with Gasteiger partial charge in [-0.3, -0.25) is 4.79 Å². The predicted octanol–water partition coefficient (Wildman–Crippen LogP) is 2.53. The van der Waals surface area contributed by atoms with Crippen LogP contribution in [0.3, 0.4) is 0 Å². The molecule has 0 fully saturated rings. The molecule has 4 nitrogen and oxygen atoms in total. The fourth-order valence-electron chi connectivity index (χ4n) is 1.48. The molecule has 0 aliphatic carbocycles. The average molecular weight is 329 g/mol. The number of thiophene rings is 1. The van der Waals surface area contributed by atoms with Crippen molar-refractivity contribution in [2.24, 2.45) is 5.73 Å². The van der Waals surface area contributed by atoms with Gasteiger partial charge in [-0.05, 0) is 46.6 Å². The van der Waals surface area contributed by atoms with Crippen molar-refractivity contribution in [3.05, 3.63) is 44.4 Å². The van der Waals surface area contributed by atoms with Crippen LogP contribution in [-0.4, -0.2) is 12.5 Å². The molecule has 0 spiro atoms. The van der Waals surface area contributed by atoms with Crippen molar-refractivity contribution in [1.82, 2.24) is 5.32 Å². The van der Waals surface area contributed by atoms with Crippen LogP contribution in [0.5, 0.6) is 0 Å². The first kappa shape index (κ1) is 13.3. The smallest absolute Gasteiger partial charge is 0.287 e. The Balaban J connectivity index is 1.81. The van der Waals surface area contributed by atoms with Crippen molar-refractivity contribution in [3.63, 3.8) is 0 Å². The van der Waals surface area contributed by atoms with Crippen molar-refractivity contribution in [2.75, 3.05) is 6.54 Å². The van der Waals surface area contributed by atoms with E-state index in [2.05, 4.69) is 21.2 Å². The molecule has 0 saturated carbocycles. The SMILES string of the molecule is NCc1ccc(C(=O)NCCc2ccc(Br)s2)o1. The summed E-state index contributed by atoms with van der Waals surface area (Å²) in [4.78, 5) is 12.9. The van der Waals surface area contributed by atoms with Crippen LogP contribution in [0.15, 0.2) is 32.5 Å². The number of hydrogen-bond acceptors (Lipinski definition) is 4. The molecule has 2 heterocycles. The van der Waals surface area contributed by atoms with Gasteiger partial charge in [0.1, 0.15) is 5.76 Å². The Bertz CT molecular complexity index is 536. The van der Waals surface area contributed by atoms with Crippen molar-refractivity contribution < 1.29 is 9.21 Å². The van der Waals surface area contributed by atoms with Gasteiger partial charge in [0.25, 0.3) is 5.91 Å². The quantitative estimate of drug-likeness (QED) is 0.886. The zero-order valence-corrected chi connectivity index (χ0v) is 12.0. The molecule has 2 aromatic heterocycles. The van der Waals surface area contributed by atoms with Crippen LogP contribution in [0.1, 0.15) is 21.2 Å². The Hall–Kier alpha value is -1.11. The zero-order chi connectivity index (χ0) is 13.0. The van der Waals surface area contributed by atoms with Gasteiger partial charge in [-0.15, -0.1) is 11.3 Å². The zero-order valence-electron chi connectivity index (χ0n) is 9.61. The summed E-state index contributed by atoms with van der Waals surface area (Å²) in [5.74, 6) is 0.718. The van der Waals surface area contributed by atoms with Gasteiger partial charge in [0.2, 0.25) is 0 Å². The second-order valence-electron chi connectivity index (χ2n) is 3.68. The summed E-state index contributed by atoms with van der Waals surface area (Å²) in [6.45, 7) is 0.890. The summed E-state index contributed by atoms with van der Waals surface area (Å²) in [6, 6.07) is 7.40. The molecule has 6 heteroatoms. The Morgan fingerprint density at radius 1 is 1.39 bits per heavy atom. The minimum absolute atomic E-state index is 0.203. The second kappa shape index (κ2) is 6.17. The Kier molecular flexibility index (Phi) is 4.57. The predicted molar refractivity (Wildman–Crippen MR) is 74.7 cm³/mol. The fourth-order valence-corrected chi connectivity index (χ4v) is 2.96. The van der Waals surface area contributed by atoms with E-state index in [-0.39, 0.29) is 5.91 Å². The second-order valence-corrected chi connectivity index (χ2v) is 6.23. The Morgan fingerprint density at radius 3 is 2.83 bits per heavy atom. The van der Waals surface area contributed by atoms with Gasteiger partial charge in [0.05, 0.1) is 10.3 Å². The summed E-state index contributed by atoms with van der Waals surface area (Å²) < 4.78 is 6.36. The summed E-state index contributed by atoms with van der Waals surface area (Å²) in [6.07, 6.45) is 0.812. The monoisotopic (exact) mass is 328 g/mol. The van der Waals surface area contributed by atoms with Gasteiger partial charge < -0.3 is 15.5 Å². The van der Waals surface area contributed by atoms with Crippen molar-refractivity contribution >= 4 is 33.2 Å². The van der Waals surface area contributed by atoms with Crippen LogP contribution in [0, 0.1) is 0 Å². The van der Waals surface area contributed by atoms with Gasteiger partial charge in [0.15, 0.2) is 5.76 Å². The van der Waals surface area contributed by atoms with Crippen molar-refractivity contribution in [1.29, 1.82) is 0 Å². The van der Waals surface area contributed by atoms with Gasteiger partial charge >= 0.3 is 0 Å². The molecule has 0 aliphatic heterocycles. The minimum Gasteiger partial charge on any atom is -0.455 e. The van der Waals surface area contributed by atoms with E-state index in [9.17, 15) is 4.79 Å². The van der Waals surface area contributed by atoms with E-state index in [4.69, 9.17) is 10.2 Å². The normalized spacial score (nSPS) is 10.6. The third kappa shape index (κ3) is 3.44. The van der Waals surface area contributed by atoms with Crippen molar-refractivity contribution in [3.8, 4) is 0 Å². The molecule has 2 aromatic rings. The van der Waals surface area contributed by atoms with Gasteiger partial charge in [-0.2, -0.15) is 0 Å². The maximum absolute atomic E-state index is 11.7. The molecule has 2 rings (SSSR count). The van der Waals surface area contributed by atoms with Crippen LogP contribution >= 0.6 is 27.3 Å². The van der Waals surface area contributed by atoms with Crippen LogP contribution < -0.4 is 11.1 Å². The number of furan rings is 1. The minimum atomic E-state index is -0.203. The highest BCUT2D eigenvalue weighted by Crippen LogP contribution is 2.22. The van der Waals surface area contributed by atoms with Crippen molar-refractivity contribution in [2.45, 2.75) is 13.0 Å². The maximum atomic E-state index is 11.7. The molecule has 0 aromatic carbocycles. The van der Waals surface area contributed by atoms with Gasteiger partial charge in [-0.1, -0.05) is 0 Å². The number of halogens is 1. The summed E-state index contributed by atoms with van der Waals surface area (Å²) in [5.41, 5.74) is 5.41. The third-order valence-corrected chi connectivity index (χ3v) is 4.06. The highest BCUT2D eigenvalue weighted by atomic mass is 79.9. The average Bonchev–Trinajstić information content (AvgIpc) is 2.98. The Labute approximate surface area is 117 Å². The van der Waals surface area contributed by atoms with Crippen LogP contribution in [0.25, 0.3) is 0 Å². The number of carbonyl (C=O) groups is 1. The first-order valence-electron chi connectivity index (χ1n) is 5.50. The first-order chi connectivity index (χ1) is 8.69. The lowest BCUT2D eigenvalue weighted by Gasteiger charge is -2.01. The highest BCUT2D eigenvalue weighted by Gasteiger charge is 2.10. The summed E-state index contributed by atoms with van der Waals surface area (Å²) >= 11 is 5.07. The van der Waals surface area contributed by atoms with Gasteiger partial charge in [0, 0.05) is 11.4 Å².